The minimum Gasteiger partial charge on any atom is -0.490 e. The Morgan fingerprint density at radius 2 is 2.19 bits per heavy atom. The third-order valence-corrected chi connectivity index (χ3v) is 2.22. The molecule has 0 aliphatic heterocycles. The van der Waals surface area contributed by atoms with Gasteiger partial charge in [0.2, 0.25) is 0 Å². The van der Waals surface area contributed by atoms with Crippen molar-refractivity contribution in [2.24, 2.45) is 0 Å². The summed E-state index contributed by atoms with van der Waals surface area (Å²) < 4.78 is 4.82. The Kier molecular flexibility index (Phi) is 3.84. The minimum atomic E-state index is -0.715. The molecule has 16 heavy (non-hydrogen) atoms. The molecule has 0 radical (unpaired) electrons. The standard InChI is InChI=1S/C10H10ClNO4/c1-6(11)10(13)7-3-4-9(16-2)8(5-7)12(14)15/h3-6H,1-2H3. The highest BCUT2D eigenvalue weighted by Crippen LogP contribution is 2.28. The van der Waals surface area contributed by atoms with Gasteiger partial charge >= 0.3 is 5.69 Å². The number of nitro benzene ring substituents is 1. The van der Waals surface area contributed by atoms with Crippen molar-refractivity contribution >= 4 is 23.1 Å². The predicted molar refractivity (Wildman–Crippen MR) is 59.3 cm³/mol. The molecule has 6 heteroatoms. The second-order valence-corrected chi connectivity index (χ2v) is 3.78. The van der Waals surface area contributed by atoms with Crippen LogP contribution >= 0.6 is 11.6 Å². The highest BCUT2D eigenvalue weighted by atomic mass is 35.5. The zero-order valence-corrected chi connectivity index (χ0v) is 9.52. The van der Waals surface area contributed by atoms with Crippen LogP contribution in [0.25, 0.3) is 0 Å². The lowest BCUT2D eigenvalue weighted by Crippen LogP contribution is -2.10. The van der Waals surface area contributed by atoms with Crippen LogP contribution in [0.5, 0.6) is 5.75 Å². The number of ketones is 1. The highest BCUT2D eigenvalue weighted by Gasteiger charge is 2.20. The SMILES string of the molecule is COc1ccc(C(=O)C(C)Cl)cc1[N+](=O)[O-]. The number of rotatable bonds is 4. The first-order chi connectivity index (χ1) is 7.47. The van der Waals surface area contributed by atoms with Crippen molar-refractivity contribution in [1.29, 1.82) is 0 Å². The molecule has 0 spiro atoms. The van der Waals surface area contributed by atoms with Gasteiger partial charge in [0.25, 0.3) is 0 Å². The Balaban J connectivity index is 3.22. The number of carbonyl (C=O) groups is 1. The first-order valence-electron chi connectivity index (χ1n) is 4.48. The first kappa shape index (κ1) is 12.4. The second kappa shape index (κ2) is 4.94. The summed E-state index contributed by atoms with van der Waals surface area (Å²) in [6, 6.07) is 4.00. The van der Waals surface area contributed by atoms with E-state index in [1.54, 1.807) is 0 Å². The van der Waals surface area contributed by atoms with Crippen LogP contribution in [0.4, 0.5) is 5.69 Å². The largest absolute Gasteiger partial charge is 0.490 e. The van der Waals surface area contributed by atoms with Gasteiger partial charge in [-0.3, -0.25) is 14.9 Å². The average Bonchev–Trinajstić information content (AvgIpc) is 2.26. The molecule has 0 N–H and O–H groups in total. The van der Waals surface area contributed by atoms with Crippen molar-refractivity contribution < 1.29 is 14.5 Å². The van der Waals surface area contributed by atoms with Crippen LogP contribution in [0, 0.1) is 10.1 Å². The van der Waals surface area contributed by atoms with Crippen molar-refractivity contribution in [3.05, 3.63) is 33.9 Å². The quantitative estimate of drug-likeness (QED) is 0.352. The molecule has 0 aromatic heterocycles. The topological polar surface area (TPSA) is 69.4 Å². The highest BCUT2D eigenvalue weighted by molar-refractivity contribution is 6.33. The van der Waals surface area contributed by atoms with Crippen molar-refractivity contribution in [2.45, 2.75) is 12.3 Å². The summed E-state index contributed by atoms with van der Waals surface area (Å²) in [4.78, 5) is 21.6. The lowest BCUT2D eigenvalue weighted by molar-refractivity contribution is -0.385. The number of methoxy groups -OCH3 is 1. The summed E-state index contributed by atoms with van der Waals surface area (Å²) in [6.45, 7) is 1.51. The number of nitro groups is 1. The molecule has 0 bridgehead atoms. The van der Waals surface area contributed by atoms with Gasteiger partial charge in [-0.25, -0.2) is 0 Å². The van der Waals surface area contributed by atoms with Gasteiger partial charge in [-0.1, -0.05) is 0 Å². The molecule has 1 aromatic rings. The number of ether oxygens (including phenoxy) is 1. The van der Waals surface area contributed by atoms with Gasteiger partial charge in [0.1, 0.15) is 0 Å². The van der Waals surface area contributed by atoms with Crippen LogP contribution < -0.4 is 4.74 Å². The van der Waals surface area contributed by atoms with E-state index in [0.29, 0.717) is 0 Å². The fourth-order valence-corrected chi connectivity index (χ4v) is 1.34. The molecule has 1 aromatic carbocycles. The van der Waals surface area contributed by atoms with Crippen LogP contribution in [-0.2, 0) is 0 Å². The molecule has 0 amide bonds. The number of Topliss-reactive ketones (excluding diaryl/α,β-unsaturated/α-hetero) is 1. The fourth-order valence-electron chi connectivity index (χ4n) is 1.22. The molecule has 1 atom stereocenters. The predicted octanol–water partition coefficient (Wildman–Crippen LogP) is 2.41. The van der Waals surface area contributed by atoms with Crippen molar-refractivity contribution in [2.75, 3.05) is 7.11 Å². The summed E-state index contributed by atoms with van der Waals surface area (Å²) in [5.74, 6) is -0.240. The van der Waals surface area contributed by atoms with E-state index in [9.17, 15) is 14.9 Å². The number of nitrogens with zero attached hydrogens (tertiary/aromatic N) is 1. The normalized spacial score (nSPS) is 11.9. The van der Waals surface area contributed by atoms with Crippen LogP contribution in [0.2, 0.25) is 0 Å². The second-order valence-electron chi connectivity index (χ2n) is 3.12. The number of hydrogen-bond acceptors (Lipinski definition) is 4. The maximum Gasteiger partial charge on any atom is 0.311 e. The number of hydrogen-bond donors (Lipinski definition) is 0. The summed E-state index contributed by atoms with van der Waals surface area (Å²) in [5.41, 5.74) is -0.0410. The molecule has 5 nitrogen and oxygen atoms in total. The lowest BCUT2D eigenvalue weighted by atomic mass is 10.1. The number of carbonyl (C=O) groups excluding carboxylic acids is 1. The fraction of sp³-hybridized carbons (Fsp3) is 0.300. The number of halogens is 1. The molecule has 0 fully saturated rings. The van der Waals surface area contributed by atoms with E-state index in [1.807, 2.05) is 0 Å². The number of benzene rings is 1. The molecule has 1 rings (SSSR count). The van der Waals surface area contributed by atoms with E-state index in [2.05, 4.69) is 0 Å². The molecule has 0 saturated heterocycles. The lowest BCUT2D eigenvalue weighted by Gasteiger charge is -2.05. The van der Waals surface area contributed by atoms with Crippen LogP contribution in [0.15, 0.2) is 18.2 Å². The molecule has 86 valence electrons. The summed E-state index contributed by atoms with van der Waals surface area (Å²) in [6.07, 6.45) is 0. The molecule has 1 unspecified atom stereocenters. The summed E-state index contributed by atoms with van der Waals surface area (Å²) in [7, 11) is 1.33. The summed E-state index contributed by atoms with van der Waals surface area (Å²) >= 11 is 5.62. The van der Waals surface area contributed by atoms with Gasteiger partial charge in [0.05, 0.1) is 17.4 Å². The first-order valence-corrected chi connectivity index (χ1v) is 4.91. The van der Waals surface area contributed by atoms with Crippen LogP contribution in [0.3, 0.4) is 0 Å². The van der Waals surface area contributed by atoms with Gasteiger partial charge in [-0.2, -0.15) is 0 Å². The third kappa shape index (κ3) is 2.49. The zero-order valence-electron chi connectivity index (χ0n) is 8.77. The van der Waals surface area contributed by atoms with E-state index in [4.69, 9.17) is 16.3 Å². The zero-order chi connectivity index (χ0) is 12.3. The monoisotopic (exact) mass is 243 g/mol. The molecular formula is C10H10ClNO4. The van der Waals surface area contributed by atoms with Crippen LogP contribution in [-0.4, -0.2) is 23.2 Å². The van der Waals surface area contributed by atoms with E-state index >= 15 is 0 Å². The Bertz CT molecular complexity index is 431. The smallest absolute Gasteiger partial charge is 0.311 e. The third-order valence-electron chi connectivity index (χ3n) is 2.02. The minimum absolute atomic E-state index is 0.115. The Morgan fingerprint density at radius 1 is 1.56 bits per heavy atom. The van der Waals surface area contributed by atoms with E-state index in [1.165, 1.54) is 32.2 Å². The Hall–Kier alpha value is -1.62. The van der Waals surface area contributed by atoms with Gasteiger partial charge < -0.3 is 4.74 Å². The molecule has 0 aliphatic carbocycles. The van der Waals surface area contributed by atoms with Crippen molar-refractivity contribution in [3.63, 3.8) is 0 Å². The van der Waals surface area contributed by atoms with E-state index in [0.717, 1.165) is 0 Å². The van der Waals surface area contributed by atoms with E-state index in [-0.39, 0.29) is 22.8 Å². The molecular weight excluding hydrogens is 234 g/mol. The van der Waals surface area contributed by atoms with Crippen molar-refractivity contribution in [3.8, 4) is 5.75 Å². The van der Waals surface area contributed by atoms with Crippen molar-refractivity contribution in [1.82, 2.24) is 0 Å². The van der Waals surface area contributed by atoms with Gasteiger partial charge in [-0.15, -0.1) is 11.6 Å². The van der Waals surface area contributed by atoms with Gasteiger partial charge in [0, 0.05) is 11.6 Å². The van der Waals surface area contributed by atoms with Crippen LogP contribution in [0.1, 0.15) is 17.3 Å². The summed E-state index contributed by atoms with van der Waals surface area (Å²) in [5, 5.41) is 9.99. The Morgan fingerprint density at radius 3 is 2.62 bits per heavy atom. The molecule has 0 saturated carbocycles. The Labute approximate surface area is 97.1 Å². The average molecular weight is 244 g/mol. The van der Waals surface area contributed by atoms with Gasteiger partial charge in [0.15, 0.2) is 11.5 Å². The van der Waals surface area contributed by atoms with Gasteiger partial charge in [-0.05, 0) is 19.1 Å². The molecule has 0 heterocycles. The van der Waals surface area contributed by atoms with E-state index < -0.39 is 10.3 Å². The maximum atomic E-state index is 11.5. The number of alkyl halides is 1. The maximum absolute atomic E-state index is 11.5. The molecule has 0 aliphatic rings.